The van der Waals surface area contributed by atoms with Crippen molar-refractivity contribution < 1.29 is 9.47 Å². The molecule has 0 bridgehead atoms. The van der Waals surface area contributed by atoms with Crippen LogP contribution in [0.5, 0.6) is 5.75 Å². The monoisotopic (exact) mass is 391 g/mol. The number of hydrogen-bond acceptors (Lipinski definition) is 5. The zero-order chi connectivity index (χ0) is 20.0. The van der Waals surface area contributed by atoms with Gasteiger partial charge in [-0.1, -0.05) is 13.8 Å². The van der Waals surface area contributed by atoms with Crippen molar-refractivity contribution in [3.05, 3.63) is 42.0 Å². The number of aromatic nitrogens is 5. The number of nitrogens with one attached hydrogen (secondary N) is 1. The van der Waals surface area contributed by atoms with Gasteiger partial charge in [-0.05, 0) is 43.4 Å². The van der Waals surface area contributed by atoms with Gasteiger partial charge in [0.2, 0.25) is 0 Å². The molecule has 4 aromatic heterocycles. The Bertz CT molecular complexity index is 1170. The molecule has 0 aromatic carbocycles. The van der Waals surface area contributed by atoms with Crippen LogP contribution in [0.2, 0.25) is 0 Å². The zero-order valence-electron chi connectivity index (χ0n) is 17.0. The van der Waals surface area contributed by atoms with Crippen molar-refractivity contribution >= 4 is 16.7 Å². The molecule has 1 fully saturated rings. The quantitative estimate of drug-likeness (QED) is 0.548. The van der Waals surface area contributed by atoms with Gasteiger partial charge in [0.15, 0.2) is 11.4 Å². The lowest BCUT2D eigenvalue weighted by Crippen LogP contribution is -2.12. The van der Waals surface area contributed by atoms with Crippen LogP contribution in [0, 0.1) is 0 Å². The van der Waals surface area contributed by atoms with Gasteiger partial charge in [-0.25, -0.2) is 14.5 Å². The first-order valence-corrected chi connectivity index (χ1v) is 10.2. The van der Waals surface area contributed by atoms with E-state index in [0.29, 0.717) is 17.3 Å². The van der Waals surface area contributed by atoms with Gasteiger partial charge < -0.3 is 14.5 Å². The van der Waals surface area contributed by atoms with E-state index in [1.54, 1.807) is 11.6 Å². The predicted octanol–water partition coefficient (Wildman–Crippen LogP) is 4.65. The SMILES string of the molecule is COc1cc(-c2[nH]c3ccc(C4CCCCO4)nc3c2C(C)C)cn2ncnc12. The highest BCUT2D eigenvalue weighted by atomic mass is 16.5. The molecule has 1 unspecified atom stereocenters. The number of hydrogen-bond donors (Lipinski definition) is 1. The molecular formula is C22H25N5O2. The van der Waals surface area contributed by atoms with E-state index in [4.69, 9.17) is 14.5 Å². The molecule has 5 heterocycles. The van der Waals surface area contributed by atoms with Crippen LogP contribution in [0.3, 0.4) is 0 Å². The van der Waals surface area contributed by atoms with Crippen LogP contribution in [-0.2, 0) is 4.74 Å². The summed E-state index contributed by atoms with van der Waals surface area (Å²) in [4.78, 5) is 12.9. The van der Waals surface area contributed by atoms with Gasteiger partial charge in [0.25, 0.3) is 0 Å². The molecule has 150 valence electrons. The largest absolute Gasteiger partial charge is 0.493 e. The summed E-state index contributed by atoms with van der Waals surface area (Å²) in [7, 11) is 1.65. The average Bonchev–Trinajstić information content (AvgIpc) is 3.37. The molecule has 1 aliphatic heterocycles. The van der Waals surface area contributed by atoms with Crippen molar-refractivity contribution in [3.8, 4) is 17.0 Å². The lowest BCUT2D eigenvalue weighted by Gasteiger charge is -2.22. The lowest BCUT2D eigenvalue weighted by molar-refractivity contribution is 0.0125. The van der Waals surface area contributed by atoms with Crippen LogP contribution < -0.4 is 4.74 Å². The second-order valence-electron chi connectivity index (χ2n) is 7.88. The Hall–Kier alpha value is -2.93. The van der Waals surface area contributed by atoms with Crippen LogP contribution in [0.15, 0.2) is 30.7 Å². The van der Waals surface area contributed by atoms with Gasteiger partial charge in [0, 0.05) is 23.9 Å². The standard InChI is InChI=1S/C22H25N5O2/c1-13(2)19-20(14-10-18(28-3)22-23-12-24-27(22)11-14)26-16-8-7-15(25-21(16)19)17-6-4-5-9-29-17/h7-8,10-13,17,26H,4-6,9H2,1-3H3. The van der Waals surface area contributed by atoms with Crippen molar-refractivity contribution in [1.29, 1.82) is 0 Å². The van der Waals surface area contributed by atoms with Gasteiger partial charge in [0.05, 0.1) is 35.6 Å². The summed E-state index contributed by atoms with van der Waals surface area (Å²) in [6.07, 6.45) is 6.97. The molecule has 7 nitrogen and oxygen atoms in total. The van der Waals surface area contributed by atoms with Crippen molar-refractivity contribution in [2.24, 2.45) is 0 Å². The van der Waals surface area contributed by atoms with Crippen molar-refractivity contribution in [2.45, 2.75) is 45.1 Å². The lowest BCUT2D eigenvalue weighted by atomic mass is 9.98. The molecule has 1 aliphatic rings. The third-order valence-corrected chi connectivity index (χ3v) is 5.64. The fraction of sp³-hybridized carbons (Fsp3) is 0.409. The Balaban J connectivity index is 1.68. The van der Waals surface area contributed by atoms with Crippen molar-refractivity contribution in [1.82, 2.24) is 24.6 Å². The molecule has 0 amide bonds. The first-order chi connectivity index (χ1) is 14.2. The molecule has 5 rings (SSSR count). The van der Waals surface area contributed by atoms with Crippen molar-refractivity contribution in [2.75, 3.05) is 13.7 Å². The molecule has 1 atom stereocenters. The minimum Gasteiger partial charge on any atom is -0.493 e. The number of H-pyrrole nitrogens is 1. The zero-order valence-corrected chi connectivity index (χ0v) is 17.0. The number of nitrogens with zero attached hydrogens (tertiary/aromatic N) is 4. The third-order valence-electron chi connectivity index (χ3n) is 5.64. The number of aromatic amines is 1. The molecule has 29 heavy (non-hydrogen) atoms. The summed E-state index contributed by atoms with van der Waals surface area (Å²) < 4.78 is 13.3. The van der Waals surface area contributed by atoms with Gasteiger partial charge >= 0.3 is 0 Å². The van der Waals surface area contributed by atoms with E-state index >= 15 is 0 Å². The van der Waals surface area contributed by atoms with Gasteiger partial charge in [-0.3, -0.25) is 0 Å². The van der Waals surface area contributed by atoms with E-state index in [1.165, 1.54) is 18.3 Å². The van der Waals surface area contributed by atoms with E-state index in [9.17, 15) is 0 Å². The fourth-order valence-electron chi connectivity index (χ4n) is 4.23. The molecule has 4 aromatic rings. The number of methoxy groups -OCH3 is 1. The number of ether oxygens (including phenoxy) is 2. The minimum absolute atomic E-state index is 0.0955. The Morgan fingerprint density at radius 2 is 2.17 bits per heavy atom. The highest BCUT2D eigenvalue weighted by Crippen LogP contribution is 2.37. The summed E-state index contributed by atoms with van der Waals surface area (Å²) in [5, 5.41) is 4.30. The Kier molecular flexibility index (Phi) is 4.47. The number of pyridine rings is 2. The maximum atomic E-state index is 5.97. The van der Waals surface area contributed by atoms with Crippen LogP contribution in [-0.4, -0.2) is 38.3 Å². The van der Waals surface area contributed by atoms with E-state index in [-0.39, 0.29) is 6.10 Å². The first-order valence-electron chi connectivity index (χ1n) is 10.2. The fourth-order valence-corrected chi connectivity index (χ4v) is 4.23. The molecule has 1 saturated heterocycles. The van der Waals surface area contributed by atoms with Crippen LogP contribution in [0.25, 0.3) is 27.9 Å². The highest BCUT2D eigenvalue weighted by molar-refractivity contribution is 5.89. The highest BCUT2D eigenvalue weighted by Gasteiger charge is 2.22. The topological polar surface area (TPSA) is 77.3 Å². The Morgan fingerprint density at radius 3 is 2.93 bits per heavy atom. The van der Waals surface area contributed by atoms with Gasteiger partial charge in [0.1, 0.15) is 6.33 Å². The molecule has 7 heteroatoms. The maximum Gasteiger partial charge on any atom is 0.197 e. The summed E-state index contributed by atoms with van der Waals surface area (Å²) in [6, 6.07) is 6.21. The first kappa shape index (κ1) is 18.1. The summed E-state index contributed by atoms with van der Waals surface area (Å²) in [5.74, 6) is 0.990. The van der Waals surface area contributed by atoms with Crippen LogP contribution in [0.1, 0.15) is 56.4 Å². The van der Waals surface area contributed by atoms with E-state index in [1.807, 2.05) is 12.3 Å². The average molecular weight is 391 g/mol. The summed E-state index contributed by atoms with van der Waals surface area (Å²) in [6.45, 7) is 5.21. The Morgan fingerprint density at radius 1 is 1.28 bits per heavy atom. The number of rotatable bonds is 4. The van der Waals surface area contributed by atoms with Crippen molar-refractivity contribution in [3.63, 3.8) is 0 Å². The third kappa shape index (κ3) is 3.06. The van der Waals surface area contributed by atoms with Gasteiger partial charge in [-0.2, -0.15) is 5.10 Å². The molecular weight excluding hydrogens is 366 g/mol. The van der Waals surface area contributed by atoms with E-state index < -0.39 is 0 Å². The maximum absolute atomic E-state index is 5.97. The normalized spacial score (nSPS) is 17.4. The smallest absolute Gasteiger partial charge is 0.197 e. The number of fused-ring (bicyclic) bond motifs is 2. The molecule has 0 aliphatic carbocycles. The molecule has 1 N–H and O–H groups in total. The molecule has 0 saturated carbocycles. The predicted molar refractivity (Wildman–Crippen MR) is 111 cm³/mol. The summed E-state index contributed by atoms with van der Waals surface area (Å²) >= 11 is 0. The second kappa shape index (κ2) is 7.15. The molecule has 0 spiro atoms. The van der Waals surface area contributed by atoms with Gasteiger partial charge in [-0.15, -0.1) is 0 Å². The minimum atomic E-state index is 0.0955. The second-order valence-corrected chi connectivity index (χ2v) is 7.88. The van der Waals surface area contributed by atoms with Crippen LogP contribution >= 0.6 is 0 Å². The summed E-state index contributed by atoms with van der Waals surface area (Å²) in [5.41, 5.74) is 7.00. The Labute approximate surface area is 169 Å². The van der Waals surface area contributed by atoms with E-state index in [0.717, 1.165) is 47.4 Å². The van der Waals surface area contributed by atoms with Crippen LogP contribution in [0.4, 0.5) is 0 Å². The molecule has 0 radical (unpaired) electrons. The van der Waals surface area contributed by atoms with E-state index in [2.05, 4.69) is 41.0 Å².